The van der Waals surface area contributed by atoms with Gasteiger partial charge in [-0.2, -0.15) is 0 Å². The van der Waals surface area contributed by atoms with Crippen molar-refractivity contribution in [2.75, 3.05) is 17.3 Å². The first kappa shape index (κ1) is 17.5. The maximum absolute atomic E-state index is 13.1. The molecule has 1 heterocycles. The van der Waals surface area contributed by atoms with Gasteiger partial charge in [0.05, 0.1) is 18.4 Å². The first-order chi connectivity index (χ1) is 12.1. The Bertz CT molecular complexity index is 763. The fourth-order valence-corrected chi connectivity index (χ4v) is 4.12. The molecule has 0 aliphatic carbocycles. The van der Waals surface area contributed by atoms with Crippen LogP contribution in [0.2, 0.25) is 0 Å². The summed E-state index contributed by atoms with van der Waals surface area (Å²) in [6, 6.07) is 17.7. The average molecular weight is 355 g/mol. The summed E-state index contributed by atoms with van der Waals surface area (Å²) in [6.07, 6.45) is 0. The molecule has 0 saturated heterocycles. The lowest BCUT2D eigenvalue weighted by molar-refractivity contribution is -0.139. The van der Waals surface area contributed by atoms with Crippen molar-refractivity contribution in [1.82, 2.24) is 0 Å². The average Bonchev–Trinajstić information content (AvgIpc) is 2.92. The van der Waals surface area contributed by atoms with Gasteiger partial charge in [0, 0.05) is 5.69 Å². The zero-order valence-corrected chi connectivity index (χ0v) is 15.2. The van der Waals surface area contributed by atoms with Gasteiger partial charge in [0.25, 0.3) is 0 Å². The summed E-state index contributed by atoms with van der Waals surface area (Å²) in [7, 11) is 0. The number of anilines is 1. The van der Waals surface area contributed by atoms with E-state index in [1.165, 1.54) is 11.8 Å². The Hall–Kier alpha value is -2.27. The van der Waals surface area contributed by atoms with Crippen LogP contribution < -0.4 is 4.90 Å². The summed E-state index contributed by atoms with van der Waals surface area (Å²) in [4.78, 5) is 26.6. The first-order valence-electron chi connectivity index (χ1n) is 8.37. The van der Waals surface area contributed by atoms with Gasteiger partial charge in [-0.25, -0.2) is 0 Å². The molecule has 1 amide bonds. The normalized spacial score (nSPS) is 17.3. The minimum absolute atomic E-state index is 0.0202. The van der Waals surface area contributed by atoms with Crippen LogP contribution in [0.25, 0.3) is 0 Å². The number of thioether (sulfide) groups is 1. The molecule has 2 aromatic rings. The van der Waals surface area contributed by atoms with Crippen molar-refractivity contribution in [3.63, 3.8) is 0 Å². The third kappa shape index (κ3) is 3.56. The van der Waals surface area contributed by atoms with E-state index < -0.39 is 0 Å². The van der Waals surface area contributed by atoms with Gasteiger partial charge in [0.15, 0.2) is 0 Å². The predicted molar refractivity (Wildman–Crippen MR) is 101 cm³/mol. The molecule has 4 nitrogen and oxygen atoms in total. The number of carbonyl (C=O) groups is 2. The van der Waals surface area contributed by atoms with E-state index in [-0.39, 0.29) is 28.9 Å². The van der Waals surface area contributed by atoms with Crippen molar-refractivity contribution in [3.8, 4) is 0 Å². The number of benzene rings is 2. The SMILES string of the molecule is CCOC(=O)CSC1C(=O)N([C@@H](C)c2ccccc2)c2ccccc21. The minimum Gasteiger partial charge on any atom is -0.465 e. The fourth-order valence-electron chi connectivity index (χ4n) is 3.10. The number of hydrogen-bond acceptors (Lipinski definition) is 4. The highest BCUT2D eigenvalue weighted by atomic mass is 32.2. The van der Waals surface area contributed by atoms with Crippen LogP contribution in [0.4, 0.5) is 5.69 Å². The van der Waals surface area contributed by atoms with Gasteiger partial charge in [-0.1, -0.05) is 48.5 Å². The number of ether oxygens (including phenoxy) is 1. The number of rotatable bonds is 6. The molecular weight excluding hydrogens is 334 g/mol. The molecule has 0 bridgehead atoms. The number of hydrogen-bond donors (Lipinski definition) is 0. The molecule has 2 aromatic carbocycles. The molecule has 3 rings (SSSR count). The van der Waals surface area contributed by atoms with Crippen molar-refractivity contribution in [2.45, 2.75) is 25.1 Å². The van der Waals surface area contributed by atoms with Gasteiger partial charge in [-0.3, -0.25) is 9.59 Å². The molecule has 0 aromatic heterocycles. The van der Waals surface area contributed by atoms with Crippen molar-refractivity contribution < 1.29 is 14.3 Å². The molecule has 0 N–H and O–H groups in total. The number of amides is 1. The topological polar surface area (TPSA) is 46.6 Å². The highest BCUT2D eigenvalue weighted by molar-refractivity contribution is 8.00. The second-order valence-electron chi connectivity index (χ2n) is 5.85. The second-order valence-corrected chi connectivity index (χ2v) is 6.94. The summed E-state index contributed by atoms with van der Waals surface area (Å²) in [6.45, 7) is 4.16. The summed E-state index contributed by atoms with van der Waals surface area (Å²) >= 11 is 1.33. The van der Waals surface area contributed by atoms with Gasteiger partial charge >= 0.3 is 5.97 Å². The van der Waals surface area contributed by atoms with Gasteiger partial charge in [-0.15, -0.1) is 11.8 Å². The smallest absolute Gasteiger partial charge is 0.315 e. The monoisotopic (exact) mass is 355 g/mol. The third-order valence-corrected chi connectivity index (χ3v) is 5.47. The van der Waals surface area contributed by atoms with Crippen LogP contribution >= 0.6 is 11.8 Å². The largest absolute Gasteiger partial charge is 0.465 e. The van der Waals surface area contributed by atoms with E-state index in [0.29, 0.717) is 6.61 Å². The summed E-state index contributed by atoms with van der Waals surface area (Å²) in [5.41, 5.74) is 2.97. The molecule has 5 heteroatoms. The zero-order chi connectivity index (χ0) is 17.8. The standard InChI is InChI=1S/C20H21NO3S/c1-3-24-18(22)13-25-19-16-11-7-8-12-17(16)21(20(19)23)14(2)15-9-5-4-6-10-15/h4-12,14,19H,3,13H2,1-2H3/t14-,19?/m0/s1. The molecule has 1 aliphatic heterocycles. The number of fused-ring (bicyclic) bond motifs is 1. The molecule has 0 spiro atoms. The van der Waals surface area contributed by atoms with Crippen LogP contribution in [0.1, 0.15) is 36.3 Å². The van der Waals surface area contributed by atoms with Crippen LogP contribution in [0.15, 0.2) is 54.6 Å². The van der Waals surface area contributed by atoms with Crippen molar-refractivity contribution in [2.24, 2.45) is 0 Å². The Morgan fingerprint density at radius 1 is 1.16 bits per heavy atom. The molecule has 0 saturated carbocycles. The van der Waals surface area contributed by atoms with Crippen molar-refractivity contribution >= 4 is 29.3 Å². The quantitative estimate of drug-likeness (QED) is 0.731. The van der Waals surface area contributed by atoms with Gasteiger partial charge in [0.1, 0.15) is 5.25 Å². The third-order valence-electron chi connectivity index (χ3n) is 4.28. The van der Waals surface area contributed by atoms with Crippen LogP contribution in [0.5, 0.6) is 0 Å². The van der Waals surface area contributed by atoms with Crippen molar-refractivity contribution in [1.29, 1.82) is 0 Å². The van der Waals surface area contributed by atoms with E-state index in [1.807, 2.05) is 66.4 Å². The molecule has 130 valence electrons. The maximum atomic E-state index is 13.1. The lowest BCUT2D eigenvalue weighted by Crippen LogP contribution is -2.31. The Morgan fingerprint density at radius 2 is 1.84 bits per heavy atom. The first-order valence-corrected chi connectivity index (χ1v) is 9.42. The molecule has 0 radical (unpaired) electrons. The Labute approximate surface area is 152 Å². The molecule has 25 heavy (non-hydrogen) atoms. The highest BCUT2D eigenvalue weighted by Gasteiger charge is 2.40. The lowest BCUT2D eigenvalue weighted by Gasteiger charge is -2.26. The van der Waals surface area contributed by atoms with Crippen LogP contribution in [-0.2, 0) is 14.3 Å². The highest BCUT2D eigenvalue weighted by Crippen LogP contribution is 2.46. The minimum atomic E-state index is -0.369. The fraction of sp³-hybridized carbons (Fsp3) is 0.300. The molecular formula is C20H21NO3S. The molecule has 2 atom stereocenters. The Kier molecular flexibility index (Phi) is 5.43. The molecule has 1 unspecified atom stereocenters. The van der Waals surface area contributed by atoms with Gasteiger partial charge in [0.2, 0.25) is 5.91 Å². The van der Waals surface area contributed by atoms with E-state index >= 15 is 0 Å². The summed E-state index contributed by atoms with van der Waals surface area (Å²) in [5, 5.41) is -0.369. The maximum Gasteiger partial charge on any atom is 0.315 e. The predicted octanol–water partition coefficient (Wildman–Crippen LogP) is 4.13. The van der Waals surface area contributed by atoms with Crippen LogP contribution in [0.3, 0.4) is 0 Å². The summed E-state index contributed by atoms with van der Waals surface area (Å²) < 4.78 is 4.98. The number of para-hydroxylation sites is 1. The van der Waals surface area contributed by atoms with Crippen LogP contribution in [0, 0.1) is 0 Å². The van der Waals surface area contributed by atoms with E-state index in [0.717, 1.165) is 16.8 Å². The molecule has 1 aliphatic rings. The van der Waals surface area contributed by atoms with E-state index in [4.69, 9.17) is 4.74 Å². The van der Waals surface area contributed by atoms with E-state index in [9.17, 15) is 9.59 Å². The Balaban J connectivity index is 1.86. The number of esters is 1. The van der Waals surface area contributed by atoms with E-state index in [1.54, 1.807) is 6.92 Å². The van der Waals surface area contributed by atoms with E-state index in [2.05, 4.69) is 0 Å². The van der Waals surface area contributed by atoms with Crippen molar-refractivity contribution in [3.05, 3.63) is 65.7 Å². The number of carbonyl (C=O) groups excluding carboxylic acids is 2. The second kappa shape index (κ2) is 7.74. The lowest BCUT2D eigenvalue weighted by atomic mass is 10.1. The zero-order valence-electron chi connectivity index (χ0n) is 14.3. The number of nitrogens with zero attached hydrogens (tertiary/aromatic N) is 1. The molecule has 0 fully saturated rings. The van der Waals surface area contributed by atoms with Gasteiger partial charge in [-0.05, 0) is 31.0 Å². The van der Waals surface area contributed by atoms with Crippen LogP contribution in [-0.4, -0.2) is 24.2 Å². The summed E-state index contributed by atoms with van der Waals surface area (Å²) in [5.74, 6) is -0.0919. The Morgan fingerprint density at radius 3 is 2.56 bits per heavy atom. The van der Waals surface area contributed by atoms with Gasteiger partial charge < -0.3 is 9.64 Å².